The highest BCUT2D eigenvalue weighted by molar-refractivity contribution is 9.10. The molecule has 156 valence electrons. The summed E-state index contributed by atoms with van der Waals surface area (Å²) in [6.45, 7) is 4.00. The van der Waals surface area contributed by atoms with Gasteiger partial charge in [-0.3, -0.25) is 29.7 Å². The van der Waals surface area contributed by atoms with Crippen LogP contribution in [0.5, 0.6) is 0 Å². The van der Waals surface area contributed by atoms with Crippen molar-refractivity contribution in [2.75, 3.05) is 5.32 Å². The number of hydrogen-bond acceptors (Lipinski definition) is 5. The molecule has 1 fully saturated rings. The summed E-state index contributed by atoms with van der Waals surface area (Å²) in [5.41, 5.74) is 1.30. The normalized spacial score (nSPS) is 12.8. The Balaban J connectivity index is 0.00000124. The van der Waals surface area contributed by atoms with Crippen molar-refractivity contribution in [3.8, 4) is 0 Å². The van der Waals surface area contributed by atoms with E-state index in [2.05, 4.69) is 26.3 Å². The number of carbonyl (C=O) groups is 1. The number of carbonyl (C=O) groups excluding carboxylic acids is 1. The van der Waals surface area contributed by atoms with Crippen molar-refractivity contribution in [3.05, 3.63) is 62.4 Å². The average molecular weight is 471 g/mol. The van der Waals surface area contributed by atoms with Gasteiger partial charge < -0.3 is 5.32 Å². The highest BCUT2D eigenvalue weighted by atomic mass is 79.9. The number of halogens is 1. The summed E-state index contributed by atoms with van der Waals surface area (Å²) in [6.07, 6.45) is 4.32. The molecule has 8 nitrogen and oxygen atoms in total. The lowest BCUT2D eigenvalue weighted by molar-refractivity contribution is -0.115. The van der Waals surface area contributed by atoms with E-state index in [1.807, 2.05) is 30.7 Å². The Morgan fingerprint density at radius 1 is 1.30 bits per heavy atom. The molecule has 0 saturated heterocycles. The summed E-state index contributed by atoms with van der Waals surface area (Å²) in [4.78, 5) is 25.3. The summed E-state index contributed by atoms with van der Waals surface area (Å²) >= 11 is 3.43. The largest absolute Gasteiger partial charge is 0.324 e. The first-order chi connectivity index (χ1) is 14.5. The van der Waals surface area contributed by atoms with E-state index in [4.69, 9.17) is 10.8 Å². The molecule has 1 aliphatic carbocycles. The van der Waals surface area contributed by atoms with Crippen molar-refractivity contribution in [2.45, 2.75) is 39.2 Å². The Morgan fingerprint density at radius 3 is 2.70 bits per heavy atom. The Bertz CT molecular complexity index is 1230. The number of fused-ring (bicyclic) bond motifs is 1. The maximum Gasteiger partial charge on any atom is 0.230 e. The van der Waals surface area contributed by atoms with Gasteiger partial charge in [0.05, 0.1) is 30.0 Å². The molecule has 0 unspecified atom stereocenters. The molecule has 0 atom stereocenters. The topological polar surface area (TPSA) is 117 Å². The Labute approximate surface area is 181 Å². The van der Waals surface area contributed by atoms with Crippen LogP contribution in [0, 0.1) is 10.8 Å². The molecular weight excluding hydrogens is 448 g/mol. The summed E-state index contributed by atoms with van der Waals surface area (Å²) in [7, 11) is 0. The van der Waals surface area contributed by atoms with Crippen LogP contribution in [0.1, 0.15) is 38.4 Å². The number of aromatic nitrogens is 3. The van der Waals surface area contributed by atoms with E-state index in [-0.39, 0.29) is 35.0 Å². The van der Waals surface area contributed by atoms with Crippen molar-refractivity contribution in [3.63, 3.8) is 0 Å². The zero-order valence-corrected chi connectivity index (χ0v) is 18.4. The van der Waals surface area contributed by atoms with Crippen LogP contribution in [0.15, 0.2) is 45.8 Å². The van der Waals surface area contributed by atoms with Gasteiger partial charge in [-0.25, -0.2) is 0 Å². The molecule has 2 heterocycles. The van der Waals surface area contributed by atoms with Crippen LogP contribution in [-0.4, -0.2) is 26.6 Å². The number of anilines is 1. The molecule has 1 saturated carbocycles. The number of rotatable bonds is 5. The van der Waals surface area contributed by atoms with Crippen LogP contribution >= 0.6 is 15.9 Å². The third-order valence-corrected chi connectivity index (χ3v) is 5.06. The molecule has 1 aliphatic rings. The Morgan fingerprint density at radius 2 is 2.03 bits per heavy atom. The van der Waals surface area contributed by atoms with Gasteiger partial charge in [-0.05, 0) is 43.2 Å². The number of nitrogens with one attached hydrogen (secondary N) is 3. The van der Waals surface area contributed by atoms with Crippen LogP contribution in [-0.2, 0) is 11.2 Å². The fourth-order valence-corrected chi connectivity index (χ4v) is 3.39. The smallest absolute Gasteiger partial charge is 0.230 e. The van der Waals surface area contributed by atoms with Crippen molar-refractivity contribution in [2.24, 2.45) is 0 Å². The van der Waals surface area contributed by atoms with Crippen LogP contribution in [0.25, 0.3) is 10.9 Å². The van der Waals surface area contributed by atoms with Crippen LogP contribution < -0.4 is 16.2 Å². The molecule has 3 N–H and O–H groups in total. The fourth-order valence-electron chi connectivity index (χ4n) is 3.04. The molecule has 1 amide bonds. The molecule has 0 spiro atoms. The minimum Gasteiger partial charge on any atom is -0.324 e. The predicted octanol–water partition coefficient (Wildman–Crippen LogP) is 3.44. The van der Waals surface area contributed by atoms with Gasteiger partial charge in [-0.15, -0.1) is 0 Å². The SMILES string of the molecule is CC.N=Cn1cc(NC(=O)Cc2nn(C3CC3)c3cc(Br)ccc3c2=O)ccc1=N. The van der Waals surface area contributed by atoms with Crippen molar-refractivity contribution in [1.29, 1.82) is 10.8 Å². The van der Waals surface area contributed by atoms with E-state index in [9.17, 15) is 9.59 Å². The predicted molar refractivity (Wildman–Crippen MR) is 120 cm³/mol. The van der Waals surface area contributed by atoms with Crippen molar-refractivity contribution in [1.82, 2.24) is 14.3 Å². The zero-order chi connectivity index (χ0) is 21.8. The van der Waals surface area contributed by atoms with Gasteiger partial charge in [0.25, 0.3) is 0 Å². The van der Waals surface area contributed by atoms with Gasteiger partial charge in [-0.1, -0.05) is 29.8 Å². The van der Waals surface area contributed by atoms with E-state index in [0.29, 0.717) is 11.1 Å². The minimum absolute atomic E-state index is 0.127. The highest BCUT2D eigenvalue weighted by Crippen LogP contribution is 2.36. The number of nitrogens with zero attached hydrogens (tertiary/aromatic N) is 3. The summed E-state index contributed by atoms with van der Waals surface area (Å²) in [6, 6.07) is 8.76. The lowest BCUT2D eigenvalue weighted by Crippen LogP contribution is -2.25. The van der Waals surface area contributed by atoms with Gasteiger partial charge in [0.2, 0.25) is 11.3 Å². The maximum absolute atomic E-state index is 12.8. The monoisotopic (exact) mass is 470 g/mol. The fraction of sp³-hybridized carbons (Fsp3) is 0.286. The standard InChI is InChI=1S/C19H17BrN6O2.C2H6/c20-11-1-5-14-16(7-11)26(13-3-4-13)24-15(19(14)28)8-18(27)23-12-2-6-17(22)25(9-12)10-21;1-2/h1-2,5-7,9-10,13,21-22H,3-4,8H2,(H,23,27);1-2H3. The molecule has 2 aromatic heterocycles. The second-order valence-electron chi connectivity index (χ2n) is 6.68. The van der Waals surface area contributed by atoms with E-state index in [1.165, 1.54) is 16.8 Å². The molecule has 0 aliphatic heterocycles. The van der Waals surface area contributed by atoms with Gasteiger partial charge in [0.15, 0.2) is 0 Å². The first-order valence-electron chi connectivity index (χ1n) is 9.74. The number of benzene rings is 1. The van der Waals surface area contributed by atoms with Crippen molar-refractivity contribution >= 4 is 44.8 Å². The van der Waals surface area contributed by atoms with Gasteiger partial charge >= 0.3 is 0 Å². The summed E-state index contributed by atoms with van der Waals surface area (Å²) in [5, 5.41) is 22.7. The maximum atomic E-state index is 12.8. The quantitative estimate of drug-likeness (QED) is 0.391. The zero-order valence-electron chi connectivity index (χ0n) is 16.8. The van der Waals surface area contributed by atoms with Gasteiger partial charge in [-0.2, -0.15) is 5.10 Å². The first-order valence-corrected chi connectivity index (χ1v) is 10.5. The minimum atomic E-state index is -0.377. The van der Waals surface area contributed by atoms with Gasteiger partial charge in [0, 0.05) is 16.1 Å². The van der Waals surface area contributed by atoms with Crippen molar-refractivity contribution < 1.29 is 4.79 Å². The number of amides is 1. The summed E-state index contributed by atoms with van der Waals surface area (Å²) < 4.78 is 3.99. The van der Waals surface area contributed by atoms with Crippen LogP contribution in [0.3, 0.4) is 0 Å². The van der Waals surface area contributed by atoms with E-state index in [0.717, 1.165) is 29.2 Å². The molecule has 30 heavy (non-hydrogen) atoms. The number of pyridine rings is 1. The van der Waals surface area contributed by atoms with E-state index < -0.39 is 0 Å². The number of hydrogen-bond donors (Lipinski definition) is 3. The third-order valence-electron chi connectivity index (χ3n) is 4.56. The second kappa shape index (κ2) is 9.17. The lowest BCUT2D eigenvalue weighted by Gasteiger charge is -2.12. The second-order valence-corrected chi connectivity index (χ2v) is 7.59. The first kappa shape index (κ1) is 21.6. The molecule has 1 aromatic carbocycles. The Kier molecular flexibility index (Phi) is 6.61. The van der Waals surface area contributed by atoms with Gasteiger partial charge in [0.1, 0.15) is 11.2 Å². The molecule has 4 rings (SSSR count). The lowest BCUT2D eigenvalue weighted by atomic mass is 10.1. The average Bonchev–Trinajstić information content (AvgIpc) is 3.58. The molecule has 0 bridgehead atoms. The Hall–Kier alpha value is -3.07. The molecule has 9 heteroatoms. The third kappa shape index (κ3) is 4.56. The van der Waals surface area contributed by atoms with E-state index in [1.54, 1.807) is 12.1 Å². The molecular formula is C21H23BrN6O2. The summed E-state index contributed by atoms with van der Waals surface area (Å²) in [5.74, 6) is -0.377. The van der Waals surface area contributed by atoms with Crippen LogP contribution in [0.4, 0.5) is 5.69 Å². The highest BCUT2D eigenvalue weighted by Gasteiger charge is 2.27. The van der Waals surface area contributed by atoms with E-state index >= 15 is 0 Å². The molecule has 0 radical (unpaired) electrons. The van der Waals surface area contributed by atoms with Crippen LogP contribution in [0.2, 0.25) is 0 Å². The molecule has 3 aromatic rings.